The molecule has 32 heavy (non-hydrogen) atoms. The number of carbonyl (C=O) groups excluding carboxylic acids is 1. The van der Waals surface area contributed by atoms with Gasteiger partial charge in [-0.15, -0.1) is 0 Å². The molecular formula is C19H24F3N5O5. The van der Waals surface area contributed by atoms with Gasteiger partial charge in [0.2, 0.25) is 5.91 Å². The zero-order valence-corrected chi connectivity index (χ0v) is 17.3. The lowest BCUT2D eigenvalue weighted by molar-refractivity contribution is -0.393. The van der Waals surface area contributed by atoms with Crippen LogP contribution in [-0.4, -0.2) is 71.4 Å². The van der Waals surface area contributed by atoms with Gasteiger partial charge < -0.3 is 9.80 Å². The number of anilines is 1. The van der Waals surface area contributed by atoms with Crippen LogP contribution >= 0.6 is 0 Å². The van der Waals surface area contributed by atoms with E-state index in [9.17, 15) is 38.2 Å². The van der Waals surface area contributed by atoms with Crippen LogP contribution in [-0.2, 0) is 11.0 Å². The second-order valence-corrected chi connectivity index (χ2v) is 7.93. The van der Waals surface area contributed by atoms with Crippen molar-refractivity contribution in [3.63, 3.8) is 0 Å². The molecule has 0 unspecified atom stereocenters. The highest BCUT2D eigenvalue weighted by atomic mass is 19.4. The van der Waals surface area contributed by atoms with Crippen LogP contribution in [0, 0.1) is 20.2 Å². The lowest BCUT2D eigenvalue weighted by Gasteiger charge is -2.36. The lowest BCUT2D eigenvalue weighted by atomic mass is 10.1. The first-order valence-electron chi connectivity index (χ1n) is 10.4. The molecule has 0 aromatic heterocycles. The summed E-state index contributed by atoms with van der Waals surface area (Å²) in [6, 6.07) is 0.662. The number of hydrogen-bond acceptors (Lipinski definition) is 7. The number of nitrogens with zero attached hydrogens (tertiary/aromatic N) is 5. The van der Waals surface area contributed by atoms with Crippen molar-refractivity contribution in [1.82, 2.24) is 9.80 Å². The van der Waals surface area contributed by atoms with E-state index in [-0.39, 0.29) is 25.5 Å². The van der Waals surface area contributed by atoms with E-state index in [1.807, 2.05) is 9.80 Å². The van der Waals surface area contributed by atoms with Crippen LogP contribution in [0.1, 0.15) is 31.2 Å². The summed E-state index contributed by atoms with van der Waals surface area (Å²) in [6.07, 6.45) is -0.859. The minimum absolute atomic E-state index is 0.00755. The Balaban J connectivity index is 1.76. The number of nitro benzene ring substituents is 2. The molecular weight excluding hydrogens is 435 g/mol. The maximum absolute atomic E-state index is 13.1. The van der Waals surface area contributed by atoms with Crippen molar-refractivity contribution >= 4 is 23.0 Å². The molecule has 0 N–H and O–H groups in total. The SMILES string of the molecule is O=C(CN1CCN(c2c([N+](=O)[O-])cc(C(F)(F)F)cc2[N+](=O)[O-])CC1)N1CCCCCC1. The average molecular weight is 459 g/mol. The molecule has 0 saturated carbocycles. The molecule has 0 atom stereocenters. The van der Waals surface area contributed by atoms with E-state index in [1.54, 1.807) is 0 Å². The Bertz CT molecular complexity index is 844. The van der Waals surface area contributed by atoms with Gasteiger partial charge in [0.05, 0.1) is 22.0 Å². The topological polar surface area (TPSA) is 113 Å². The van der Waals surface area contributed by atoms with Crippen LogP contribution < -0.4 is 4.90 Å². The number of benzene rings is 1. The quantitative estimate of drug-likeness (QED) is 0.491. The number of hydrogen-bond donors (Lipinski definition) is 0. The summed E-state index contributed by atoms with van der Waals surface area (Å²) in [5, 5.41) is 22.9. The molecule has 2 fully saturated rings. The molecule has 0 radical (unpaired) electrons. The van der Waals surface area contributed by atoms with Gasteiger partial charge in [0.1, 0.15) is 0 Å². The van der Waals surface area contributed by atoms with Gasteiger partial charge in [-0.05, 0) is 12.8 Å². The first-order chi connectivity index (χ1) is 15.1. The van der Waals surface area contributed by atoms with Gasteiger partial charge in [-0.2, -0.15) is 13.2 Å². The number of halogens is 3. The number of alkyl halides is 3. The summed E-state index contributed by atoms with van der Waals surface area (Å²) in [7, 11) is 0. The van der Waals surface area contributed by atoms with Crippen molar-refractivity contribution in [2.45, 2.75) is 31.9 Å². The molecule has 13 heteroatoms. The van der Waals surface area contributed by atoms with Gasteiger partial charge in [-0.1, -0.05) is 12.8 Å². The number of nitro groups is 2. The third-order valence-corrected chi connectivity index (χ3v) is 5.80. The van der Waals surface area contributed by atoms with Crippen molar-refractivity contribution < 1.29 is 27.8 Å². The van der Waals surface area contributed by atoms with Crippen molar-refractivity contribution in [2.75, 3.05) is 50.7 Å². The monoisotopic (exact) mass is 459 g/mol. The summed E-state index contributed by atoms with van der Waals surface area (Å²) in [5.74, 6) is -0.00755. The maximum atomic E-state index is 13.1. The van der Waals surface area contributed by atoms with Crippen molar-refractivity contribution in [3.05, 3.63) is 37.9 Å². The standard InChI is InChI=1S/C19H24F3N5O5/c20-19(21,22)14-11-15(26(29)30)18(16(12-14)27(31)32)25-9-7-23(8-10-25)13-17(28)24-5-3-1-2-4-6-24/h11-12H,1-10,13H2. The largest absolute Gasteiger partial charge is 0.416 e. The Morgan fingerprint density at radius 2 is 1.38 bits per heavy atom. The third-order valence-electron chi connectivity index (χ3n) is 5.80. The summed E-state index contributed by atoms with van der Waals surface area (Å²) in [6.45, 7) is 2.42. The van der Waals surface area contributed by atoms with Crippen molar-refractivity contribution in [1.29, 1.82) is 0 Å². The summed E-state index contributed by atoms with van der Waals surface area (Å²) >= 11 is 0. The number of rotatable bonds is 5. The summed E-state index contributed by atoms with van der Waals surface area (Å²) in [5.41, 5.74) is -3.80. The average Bonchev–Trinajstić information content (AvgIpc) is 3.02. The fourth-order valence-corrected chi connectivity index (χ4v) is 4.11. The van der Waals surface area contributed by atoms with Gasteiger partial charge in [-0.25, -0.2) is 0 Å². The van der Waals surface area contributed by atoms with E-state index in [0.717, 1.165) is 25.7 Å². The first-order valence-corrected chi connectivity index (χ1v) is 10.4. The zero-order chi connectivity index (χ0) is 23.5. The highest BCUT2D eigenvalue weighted by molar-refractivity contribution is 5.79. The third kappa shape index (κ3) is 5.44. The minimum atomic E-state index is -4.96. The van der Waals surface area contributed by atoms with Crippen LogP contribution in [0.3, 0.4) is 0 Å². The molecule has 1 aromatic rings. The molecule has 1 amide bonds. The molecule has 176 valence electrons. The van der Waals surface area contributed by atoms with Gasteiger partial charge in [0.15, 0.2) is 5.69 Å². The van der Waals surface area contributed by atoms with E-state index >= 15 is 0 Å². The van der Waals surface area contributed by atoms with Gasteiger partial charge in [-0.3, -0.25) is 29.9 Å². The normalized spacial score (nSPS) is 18.3. The molecule has 0 bridgehead atoms. The molecule has 0 spiro atoms. The van der Waals surface area contributed by atoms with Gasteiger partial charge in [0.25, 0.3) is 11.4 Å². The Hall–Kier alpha value is -2.96. The van der Waals surface area contributed by atoms with E-state index in [4.69, 9.17) is 0 Å². The van der Waals surface area contributed by atoms with Crippen LogP contribution in [0.5, 0.6) is 0 Å². The lowest BCUT2D eigenvalue weighted by Crippen LogP contribution is -2.50. The van der Waals surface area contributed by atoms with Gasteiger partial charge in [0, 0.05) is 51.4 Å². The highest BCUT2D eigenvalue weighted by Gasteiger charge is 2.39. The molecule has 10 nitrogen and oxygen atoms in total. The van der Waals surface area contributed by atoms with Crippen LogP contribution in [0.15, 0.2) is 12.1 Å². The Kier molecular flexibility index (Phi) is 7.16. The first kappa shape index (κ1) is 23.7. The molecule has 0 aliphatic carbocycles. The Morgan fingerprint density at radius 1 is 0.875 bits per heavy atom. The Morgan fingerprint density at radius 3 is 1.81 bits per heavy atom. The van der Waals surface area contributed by atoms with Crippen molar-refractivity contribution in [2.24, 2.45) is 0 Å². The fourth-order valence-electron chi connectivity index (χ4n) is 4.11. The van der Waals surface area contributed by atoms with Crippen LogP contribution in [0.2, 0.25) is 0 Å². The second-order valence-electron chi connectivity index (χ2n) is 7.93. The maximum Gasteiger partial charge on any atom is 0.416 e. The summed E-state index contributed by atoms with van der Waals surface area (Å²) < 4.78 is 39.3. The molecule has 1 aromatic carbocycles. The zero-order valence-electron chi connectivity index (χ0n) is 17.3. The Labute approximate surface area is 181 Å². The van der Waals surface area contributed by atoms with Gasteiger partial charge >= 0.3 is 6.18 Å². The van der Waals surface area contributed by atoms with E-state index in [1.165, 1.54) is 4.90 Å². The number of amides is 1. The number of carbonyl (C=O) groups is 1. The minimum Gasteiger partial charge on any atom is -0.358 e. The smallest absolute Gasteiger partial charge is 0.358 e. The molecule has 2 saturated heterocycles. The molecule has 3 rings (SSSR count). The predicted molar refractivity (Wildman–Crippen MR) is 108 cm³/mol. The van der Waals surface area contributed by atoms with Crippen LogP contribution in [0.4, 0.5) is 30.2 Å². The predicted octanol–water partition coefficient (Wildman–Crippen LogP) is 3.05. The molecule has 2 aliphatic rings. The number of piperazine rings is 1. The highest BCUT2D eigenvalue weighted by Crippen LogP contribution is 2.43. The van der Waals surface area contributed by atoms with Crippen molar-refractivity contribution in [3.8, 4) is 0 Å². The van der Waals surface area contributed by atoms with E-state index in [2.05, 4.69) is 0 Å². The molecule has 2 heterocycles. The molecule has 2 aliphatic heterocycles. The second kappa shape index (κ2) is 9.67. The fraction of sp³-hybridized carbons (Fsp3) is 0.632. The van der Waals surface area contributed by atoms with E-state index in [0.29, 0.717) is 38.3 Å². The summed E-state index contributed by atoms with van der Waals surface area (Å²) in [4.78, 5) is 38.5. The number of likely N-dealkylation sites (tertiary alicyclic amines) is 1. The van der Waals surface area contributed by atoms with Crippen LogP contribution in [0.25, 0.3) is 0 Å². The van der Waals surface area contributed by atoms with E-state index < -0.39 is 38.6 Å².